The molecule has 0 unspecified atom stereocenters. The Morgan fingerprint density at radius 1 is 0.778 bits per heavy atom. The minimum absolute atomic E-state index is 0.111. The fraction of sp³-hybridized carbons (Fsp3) is 0.0952. The van der Waals surface area contributed by atoms with E-state index in [1.165, 1.54) is 16.4 Å². The number of para-hydroxylation sites is 1. The number of sulfonamides is 1. The topological polar surface area (TPSA) is 66.5 Å². The lowest BCUT2D eigenvalue weighted by Gasteiger charge is -2.22. The Balaban J connectivity index is 1.84. The zero-order chi connectivity index (χ0) is 19.1. The maximum atomic E-state index is 13.1. The summed E-state index contributed by atoms with van der Waals surface area (Å²) >= 11 is 0. The van der Waals surface area contributed by atoms with Crippen molar-refractivity contribution in [1.29, 1.82) is 0 Å². The molecule has 1 N–H and O–H groups in total. The zero-order valence-corrected chi connectivity index (χ0v) is 15.5. The number of hydrogen-bond donors (Lipinski definition) is 1. The molecule has 0 bridgehead atoms. The van der Waals surface area contributed by atoms with E-state index >= 15 is 0 Å². The van der Waals surface area contributed by atoms with Crippen molar-refractivity contribution in [2.75, 3.05) is 11.9 Å². The molecule has 27 heavy (non-hydrogen) atoms. The molecule has 0 atom stereocenters. The van der Waals surface area contributed by atoms with Gasteiger partial charge in [-0.05, 0) is 29.8 Å². The van der Waals surface area contributed by atoms with Crippen molar-refractivity contribution in [3.8, 4) is 0 Å². The number of hydrogen-bond acceptors (Lipinski definition) is 3. The second-order valence-electron chi connectivity index (χ2n) is 5.99. The molecule has 3 aromatic rings. The smallest absolute Gasteiger partial charge is 0.243 e. The number of amides is 1. The van der Waals surface area contributed by atoms with Crippen molar-refractivity contribution >= 4 is 21.6 Å². The SMILES string of the molecule is O=C(CN(Cc1ccccc1)S(=O)(=O)c1ccccc1)Nc1ccccc1. The van der Waals surface area contributed by atoms with E-state index in [1.807, 2.05) is 36.4 Å². The second-order valence-corrected chi connectivity index (χ2v) is 7.92. The number of nitrogens with one attached hydrogen (secondary N) is 1. The molecule has 0 spiro atoms. The summed E-state index contributed by atoms with van der Waals surface area (Å²) in [4.78, 5) is 12.6. The lowest BCUT2D eigenvalue weighted by atomic mass is 10.2. The van der Waals surface area contributed by atoms with Gasteiger partial charge >= 0.3 is 0 Å². The van der Waals surface area contributed by atoms with Gasteiger partial charge in [-0.15, -0.1) is 0 Å². The van der Waals surface area contributed by atoms with Crippen LogP contribution in [0.25, 0.3) is 0 Å². The highest BCUT2D eigenvalue weighted by atomic mass is 32.2. The summed E-state index contributed by atoms with van der Waals surface area (Å²) < 4.78 is 27.3. The van der Waals surface area contributed by atoms with Crippen molar-refractivity contribution < 1.29 is 13.2 Å². The molecule has 0 saturated carbocycles. The van der Waals surface area contributed by atoms with Crippen LogP contribution in [0.1, 0.15) is 5.56 Å². The molecule has 138 valence electrons. The molecule has 3 rings (SSSR count). The summed E-state index contributed by atoms with van der Waals surface area (Å²) in [6.45, 7) is -0.165. The summed E-state index contributed by atoms with van der Waals surface area (Å²) in [5.41, 5.74) is 1.43. The molecule has 3 aromatic carbocycles. The first-order chi connectivity index (χ1) is 13.1. The van der Waals surface area contributed by atoms with Gasteiger partial charge in [-0.3, -0.25) is 4.79 Å². The molecule has 5 nitrogen and oxygen atoms in total. The van der Waals surface area contributed by atoms with E-state index < -0.39 is 15.9 Å². The Morgan fingerprint density at radius 2 is 1.30 bits per heavy atom. The largest absolute Gasteiger partial charge is 0.325 e. The zero-order valence-electron chi connectivity index (χ0n) is 14.7. The fourth-order valence-electron chi connectivity index (χ4n) is 2.64. The highest BCUT2D eigenvalue weighted by molar-refractivity contribution is 7.89. The predicted octanol–water partition coefficient (Wildman–Crippen LogP) is 3.52. The van der Waals surface area contributed by atoms with Crippen molar-refractivity contribution in [3.63, 3.8) is 0 Å². The lowest BCUT2D eigenvalue weighted by Crippen LogP contribution is -2.37. The molecule has 1 amide bonds. The average Bonchev–Trinajstić information content (AvgIpc) is 2.70. The molecule has 0 saturated heterocycles. The third-order valence-corrected chi connectivity index (χ3v) is 5.77. The predicted molar refractivity (Wildman–Crippen MR) is 106 cm³/mol. The summed E-state index contributed by atoms with van der Waals surface area (Å²) in [6, 6.07) is 26.3. The lowest BCUT2D eigenvalue weighted by molar-refractivity contribution is -0.116. The molecule has 6 heteroatoms. The van der Waals surface area contributed by atoms with Gasteiger partial charge in [-0.1, -0.05) is 66.7 Å². The molecule has 0 aromatic heterocycles. The average molecular weight is 380 g/mol. The molecular weight excluding hydrogens is 360 g/mol. The summed E-state index contributed by atoms with van der Waals surface area (Å²) in [5.74, 6) is -0.392. The fourth-order valence-corrected chi connectivity index (χ4v) is 4.04. The van der Waals surface area contributed by atoms with Crippen molar-refractivity contribution in [2.45, 2.75) is 11.4 Å². The van der Waals surface area contributed by atoms with Gasteiger partial charge in [0.15, 0.2) is 0 Å². The number of carbonyl (C=O) groups is 1. The standard InChI is InChI=1S/C21H20N2O3S/c24-21(22-19-12-6-2-7-13-19)17-23(16-18-10-4-1-5-11-18)27(25,26)20-14-8-3-9-15-20/h1-15H,16-17H2,(H,22,24). The normalized spacial score (nSPS) is 11.3. The van der Waals surface area contributed by atoms with E-state index in [2.05, 4.69) is 5.32 Å². The van der Waals surface area contributed by atoms with Crippen LogP contribution in [0.2, 0.25) is 0 Å². The van der Waals surface area contributed by atoms with Crippen LogP contribution < -0.4 is 5.32 Å². The Labute approximate surface area is 159 Å². The third kappa shape index (κ3) is 5.03. The Morgan fingerprint density at radius 3 is 1.89 bits per heavy atom. The number of carbonyl (C=O) groups excluding carboxylic acids is 1. The van der Waals surface area contributed by atoms with E-state index in [-0.39, 0.29) is 18.0 Å². The highest BCUT2D eigenvalue weighted by Crippen LogP contribution is 2.18. The number of anilines is 1. The van der Waals surface area contributed by atoms with Gasteiger partial charge in [0, 0.05) is 12.2 Å². The van der Waals surface area contributed by atoms with Gasteiger partial charge < -0.3 is 5.32 Å². The quantitative estimate of drug-likeness (QED) is 0.682. The first kappa shape index (κ1) is 18.8. The minimum atomic E-state index is -3.81. The van der Waals surface area contributed by atoms with Crippen LogP contribution in [0, 0.1) is 0 Å². The van der Waals surface area contributed by atoms with E-state index in [9.17, 15) is 13.2 Å². The van der Waals surface area contributed by atoms with Crippen LogP contribution in [0.5, 0.6) is 0 Å². The minimum Gasteiger partial charge on any atom is -0.325 e. The summed E-state index contributed by atoms with van der Waals surface area (Å²) in [5, 5.41) is 2.74. The monoisotopic (exact) mass is 380 g/mol. The molecule has 0 fully saturated rings. The number of nitrogens with zero attached hydrogens (tertiary/aromatic N) is 1. The van der Waals surface area contributed by atoms with E-state index in [4.69, 9.17) is 0 Å². The third-order valence-electron chi connectivity index (χ3n) is 3.96. The van der Waals surface area contributed by atoms with Crippen LogP contribution in [0.3, 0.4) is 0 Å². The van der Waals surface area contributed by atoms with Crippen molar-refractivity contribution in [3.05, 3.63) is 96.6 Å². The Bertz CT molecular complexity index is 976. The van der Waals surface area contributed by atoms with Gasteiger partial charge in [0.1, 0.15) is 0 Å². The Hall–Kier alpha value is -2.96. The summed E-state index contributed by atoms with van der Waals surface area (Å²) in [6.07, 6.45) is 0. The Kier molecular flexibility index (Phi) is 6.01. The first-order valence-electron chi connectivity index (χ1n) is 8.50. The van der Waals surface area contributed by atoms with Gasteiger partial charge in [0.2, 0.25) is 15.9 Å². The first-order valence-corrected chi connectivity index (χ1v) is 9.94. The second kappa shape index (κ2) is 8.62. The molecule has 0 heterocycles. The van der Waals surface area contributed by atoms with Crippen LogP contribution >= 0.6 is 0 Å². The van der Waals surface area contributed by atoms with Gasteiger partial charge in [0.05, 0.1) is 11.4 Å². The number of rotatable bonds is 7. The highest BCUT2D eigenvalue weighted by Gasteiger charge is 2.26. The van der Waals surface area contributed by atoms with E-state index in [0.29, 0.717) is 5.69 Å². The van der Waals surface area contributed by atoms with Gasteiger partial charge in [0.25, 0.3) is 0 Å². The van der Waals surface area contributed by atoms with Crippen molar-refractivity contribution in [1.82, 2.24) is 4.31 Å². The van der Waals surface area contributed by atoms with Crippen LogP contribution in [-0.2, 0) is 21.4 Å². The van der Waals surface area contributed by atoms with Crippen molar-refractivity contribution in [2.24, 2.45) is 0 Å². The van der Waals surface area contributed by atoms with E-state index in [0.717, 1.165) is 5.56 Å². The van der Waals surface area contributed by atoms with E-state index in [1.54, 1.807) is 42.5 Å². The van der Waals surface area contributed by atoms with Gasteiger partial charge in [-0.25, -0.2) is 8.42 Å². The molecule has 0 aliphatic rings. The van der Waals surface area contributed by atoms with Crippen LogP contribution in [0.15, 0.2) is 95.9 Å². The molecule has 0 radical (unpaired) electrons. The van der Waals surface area contributed by atoms with Crippen LogP contribution in [0.4, 0.5) is 5.69 Å². The maximum Gasteiger partial charge on any atom is 0.243 e. The molecule has 0 aliphatic heterocycles. The summed E-state index contributed by atoms with van der Waals surface area (Å²) in [7, 11) is -3.81. The number of benzene rings is 3. The van der Waals surface area contributed by atoms with Crippen LogP contribution in [-0.4, -0.2) is 25.2 Å². The molecular formula is C21H20N2O3S. The van der Waals surface area contributed by atoms with Gasteiger partial charge in [-0.2, -0.15) is 4.31 Å². The maximum absolute atomic E-state index is 13.1. The molecule has 0 aliphatic carbocycles.